The van der Waals surface area contributed by atoms with Gasteiger partial charge in [0.05, 0.1) is 18.0 Å². The van der Waals surface area contributed by atoms with Gasteiger partial charge < -0.3 is 14.5 Å². The highest BCUT2D eigenvalue weighted by molar-refractivity contribution is 5.86. The summed E-state index contributed by atoms with van der Waals surface area (Å²) in [7, 11) is 1.73. The molecule has 2 heterocycles. The lowest BCUT2D eigenvalue weighted by molar-refractivity contribution is -0.109. The fraction of sp³-hybridized carbons (Fsp3) is 0.731. The lowest BCUT2D eigenvalue weighted by Crippen LogP contribution is -2.56. The fourth-order valence-electron chi connectivity index (χ4n) is 7.21. The number of carbonyl (C=O) groups excluding carboxylic acids is 1. The maximum Gasteiger partial charge on any atom is 0.162 e. The maximum atomic E-state index is 12.2. The number of fused-ring (bicyclic) bond motifs is 2. The van der Waals surface area contributed by atoms with Gasteiger partial charge in [0, 0.05) is 38.8 Å². The molecule has 3 fully saturated rings. The zero-order valence-corrected chi connectivity index (χ0v) is 19.1. The number of anilines is 2. The molecule has 2 aliphatic heterocycles. The minimum absolute atomic E-state index is 0.207. The standard InChI is InChI=1S/C26H39N3O2/c1-31-18-17-28-24-10-4-5-11-25(24)29(26(28)19-30)21-13-15-27(16-14-21)23-12-6-8-20-7-2-3-9-22(20)23/h4-5,10-11,19-23,26H,2-3,6-9,12-18H2,1H3. The number of carbonyl (C=O) groups is 1. The molecule has 2 aliphatic carbocycles. The molecule has 5 heteroatoms. The minimum Gasteiger partial charge on any atom is -0.383 e. The van der Waals surface area contributed by atoms with Crippen LogP contribution in [0.2, 0.25) is 0 Å². The number of piperidine rings is 1. The van der Waals surface area contributed by atoms with E-state index in [4.69, 9.17) is 4.74 Å². The molecule has 0 N–H and O–H groups in total. The molecular weight excluding hydrogens is 386 g/mol. The van der Waals surface area contributed by atoms with Crippen molar-refractivity contribution in [1.29, 1.82) is 0 Å². The second kappa shape index (κ2) is 9.50. The van der Waals surface area contributed by atoms with Crippen LogP contribution >= 0.6 is 0 Å². The van der Waals surface area contributed by atoms with Gasteiger partial charge in [0.1, 0.15) is 0 Å². The fourth-order valence-corrected chi connectivity index (χ4v) is 7.21. The third-order valence-corrected chi connectivity index (χ3v) is 8.63. The monoisotopic (exact) mass is 425 g/mol. The van der Waals surface area contributed by atoms with Gasteiger partial charge >= 0.3 is 0 Å². The Morgan fingerprint density at radius 1 is 0.968 bits per heavy atom. The second-order valence-electron chi connectivity index (χ2n) is 10.1. The smallest absolute Gasteiger partial charge is 0.162 e. The number of benzene rings is 1. The lowest BCUT2D eigenvalue weighted by atomic mass is 9.67. The summed E-state index contributed by atoms with van der Waals surface area (Å²) in [4.78, 5) is 19.7. The summed E-state index contributed by atoms with van der Waals surface area (Å²) in [6.45, 7) is 3.74. The number of aldehydes is 1. The van der Waals surface area contributed by atoms with E-state index in [1.807, 2.05) is 0 Å². The molecule has 2 saturated carbocycles. The number of para-hydroxylation sites is 2. The molecule has 5 nitrogen and oxygen atoms in total. The van der Waals surface area contributed by atoms with Crippen molar-refractivity contribution in [2.24, 2.45) is 11.8 Å². The van der Waals surface area contributed by atoms with Gasteiger partial charge in [-0.25, -0.2) is 0 Å². The summed E-state index contributed by atoms with van der Waals surface area (Å²) in [6, 6.07) is 9.78. The van der Waals surface area contributed by atoms with Crippen molar-refractivity contribution in [3.63, 3.8) is 0 Å². The van der Waals surface area contributed by atoms with Crippen LogP contribution in [0.25, 0.3) is 0 Å². The number of hydrogen-bond acceptors (Lipinski definition) is 5. The van der Waals surface area contributed by atoms with E-state index < -0.39 is 0 Å². The Hall–Kier alpha value is -1.59. The quantitative estimate of drug-likeness (QED) is 0.635. The van der Waals surface area contributed by atoms with Crippen LogP contribution < -0.4 is 9.80 Å². The van der Waals surface area contributed by atoms with Crippen molar-refractivity contribution in [3.05, 3.63) is 24.3 Å². The highest BCUT2D eigenvalue weighted by atomic mass is 16.5. The number of ether oxygens (including phenoxy) is 1. The Balaban J connectivity index is 1.29. The van der Waals surface area contributed by atoms with Crippen molar-refractivity contribution in [2.45, 2.75) is 76.0 Å². The number of methoxy groups -OCH3 is 1. The van der Waals surface area contributed by atoms with Crippen LogP contribution in [0.15, 0.2) is 24.3 Å². The van der Waals surface area contributed by atoms with E-state index in [0.717, 1.165) is 43.6 Å². The van der Waals surface area contributed by atoms with Crippen LogP contribution in [0, 0.1) is 11.8 Å². The Labute approximate surface area is 187 Å². The number of nitrogens with zero attached hydrogens (tertiary/aromatic N) is 3. The molecule has 0 aromatic heterocycles. The van der Waals surface area contributed by atoms with Crippen molar-refractivity contribution in [2.75, 3.05) is 43.2 Å². The first-order valence-corrected chi connectivity index (χ1v) is 12.6. The van der Waals surface area contributed by atoms with Gasteiger partial charge in [-0.1, -0.05) is 44.2 Å². The van der Waals surface area contributed by atoms with Gasteiger partial charge in [0.2, 0.25) is 0 Å². The molecule has 0 bridgehead atoms. The van der Waals surface area contributed by atoms with E-state index in [-0.39, 0.29) is 6.17 Å². The van der Waals surface area contributed by atoms with Crippen molar-refractivity contribution in [1.82, 2.24) is 4.90 Å². The molecule has 1 aromatic rings. The molecule has 31 heavy (non-hydrogen) atoms. The summed E-state index contributed by atoms with van der Waals surface area (Å²) in [5, 5.41) is 0. The molecule has 5 rings (SSSR count). The van der Waals surface area contributed by atoms with Crippen LogP contribution in [0.4, 0.5) is 11.4 Å². The first-order chi connectivity index (χ1) is 15.3. The zero-order valence-electron chi connectivity index (χ0n) is 19.1. The van der Waals surface area contributed by atoms with Gasteiger partial charge in [0.15, 0.2) is 12.5 Å². The molecule has 4 aliphatic rings. The Morgan fingerprint density at radius 2 is 1.71 bits per heavy atom. The summed E-state index contributed by atoms with van der Waals surface area (Å²) < 4.78 is 5.33. The third-order valence-electron chi connectivity index (χ3n) is 8.63. The van der Waals surface area contributed by atoms with Gasteiger partial charge in [-0.3, -0.25) is 9.69 Å². The highest BCUT2D eigenvalue weighted by Gasteiger charge is 2.43. The summed E-state index contributed by atoms with van der Waals surface area (Å²) >= 11 is 0. The molecule has 170 valence electrons. The number of hydrogen-bond donors (Lipinski definition) is 0. The SMILES string of the molecule is COCCN1c2ccccc2N(C2CCN(C3CCCC4CCCCC43)CC2)C1C=O. The summed E-state index contributed by atoms with van der Waals surface area (Å²) in [6.07, 6.45) is 13.4. The van der Waals surface area contributed by atoms with Crippen molar-refractivity contribution >= 4 is 17.7 Å². The van der Waals surface area contributed by atoms with Gasteiger partial charge in [0.25, 0.3) is 0 Å². The van der Waals surface area contributed by atoms with Crippen LogP contribution in [0.1, 0.15) is 57.8 Å². The number of likely N-dealkylation sites (tertiary alicyclic amines) is 1. The Bertz CT molecular complexity index is 746. The molecular formula is C26H39N3O2. The molecule has 0 radical (unpaired) electrons. The average molecular weight is 426 g/mol. The van der Waals surface area contributed by atoms with Crippen molar-refractivity contribution in [3.8, 4) is 0 Å². The Kier molecular flexibility index (Phi) is 6.51. The Morgan fingerprint density at radius 3 is 2.48 bits per heavy atom. The molecule has 1 aromatic carbocycles. The van der Waals surface area contributed by atoms with E-state index in [0.29, 0.717) is 12.6 Å². The molecule has 4 atom stereocenters. The van der Waals surface area contributed by atoms with Gasteiger partial charge in [-0.2, -0.15) is 0 Å². The third kappa shape index (κ3) is 4.00. The van der Waals surface area contributed by atoms with E-state index in [9.17, 15) is 4.79 Å². The normalized spacial score (nSPS) is 32.0. The van der Waals surface area contributed by atoms with Crippen LogP contribution in [0.3, 0.4) is 0 Å². The first-order valence-electron chi connectivity index (χ1n) is 12.6. The zero-order chi connectivity index (χ0) is 21.2. The first kappa shape index (κ1) is 21.3. The predicted octanol–water partition coefficient (Wildman–Crippen LogP) is 4.31. The largest absolute Gasteiger partial charge is 0.383 e. The maximum absolute atomic E-state index is 12.2. The van der Waals surface area contributed by atoms with E-state index >= 15 is 0 Å². The molecule has 4 unspecified atom stereocenters. The molecule has 1 saturated heterocycles. The van der Waals surface area contributed by atoms with E-state index in [2.05, 4.69) is 39.0 Å². The lowest BCUT2D eigenvalue weighted by Gasteiger charge is -2.49. The van der Waals surface area contributed by atoms with Crippen molar-refractivity contribution < 1.29 is 9.53 Å². The average Bonchev–Trinajstić information content (AvgIpc) is 3.16. The van der Waals surface area contributed by atoms with Gasteiger partial charge in [-0.05, 0) is 49.7 Å². The van der Waals surface area contributed by atoms with Crippen LogP contribution in [-0.4, -0.2) is 62.8 Å². The van der Waals surface area contributed by atoms with Crippen LogP contribution in [0.5, 0.6) is 0 Å². The van der Waals surface area contributed by atoms with E-state index in [1.54, 1.807) is 7.11 Å². The van der Waals surface area contributed by atoms with Gasteiger partial charge in [-0.15, -0.1) is 0 Å². The highest BCUT2D eigenvalue weighted by Crippen LogP contribution is 2.45. The molecule has 0 amide bonds. The minimum atomic E-state index is -0.207. The second-order valence-corrected chi connectivity index (χ2v) is 10.1. The van der Waals surface area contributed by atoms with E-state index in [1.165, 1.54) is 69.4 Å². The number of rotatable bonds is 6. The molecule has 0 spiro atoms. The predicted molar refractivity (Wildman–Crippen MR) is 126 cm³/mol. The summed E-state index contributed by atoms with van der Waals surface area (Å²) in [5.41, 5.74) is 2.40. The topological polar surface area (TPSA) is 36.0 Å². The summed E-state index contributed by atoms with van der Waals surface area (Å²) in [5.74, 6) is 1.93. The van der Waals surface area contributed by atoms with Crippen LogP contribution in [-0.2, 0) is 9.53 Å².